The van der Waals surface area contributed by atoms with Gasteiger partial charge < -0.3 is 9.32 Å². The van der Waals surface area contributed by atoms with Crippen LogP contribution in [0.15, 0.2) is 65.1 Å². The quantitative estimate of drug-likeness (QED) is 0.581. The minimum atomic E-state index is -4.41. The summed E-state index contributed by atoms with van der Waals surface area (Å²) in [6.45, 7) is 2.51. The van der Waals surface area contributed by atoms with Crippen LogP contribution in [0.3, 0.4) is 0 Å². The molecule has 0 fully saturated rings. The van der Waals surface area contributed by atoms with Crippen LogP contribution in [0.4, 0.5) is 18.9 Å². The van der Waals surface area contributed by atoms with Crippen molar-refractivity contribution >= 4 is 11.6 Å². The Balaban J connectivity index is 1.61. The minimum absolute atomic E-state index is 0.0146. The lowest BCUT2D eigenvalue weighted by molar-refractivity contribution is -0.137. The highest BCUT2D eigenvalue weighted by molar-refractivity contribution is 6.05. The maximum Gasteiger partial charge on any atom is 0.416 e. The van der Waals surface area contributed by atoms with Crippen molar-refractivity contribution in [3.8, 4) is 11.3 Å². The zero-order valence-corrected chi connectivity index (χ0v) is 15.2. The Kier molecular flexibility index (Phi) is 4.49. The number of para-hydroxylation sites is 1. The van der Waals surface area contributed by atoms with E-state index in [1.165, 1.54) is 6.07 Å². The van der Waals surface area contributed by atoms with Crippen LogP contribution in [0.5, 0.6) is 0 Å². The van der Waals surface area contributed by atoms with Gasteiger partial charge in [-0.05, 0) is 42.8 Å². The topological polar surface area (TPSA) is 33.5 Å². The lowest BCUT2D eigenvalue weighted by Crippen LogP contribution is -2.28. The largest absolute Gasteiger partial charge is 0.461 e. The van der Waals surface area contributed by atoms with Gasteiger partial charge in [0.25, 0.3) is 0 Å². The first kappa shape index (κ1) is 18.3. The summed E-state index contributed by atoms with van der Waals surface area (Å²) in [5.41, 5.74) is 1.49. The molecule has 0 unspecified atom stereocenters. The Labute approximate surface area is 160 Å². The molecule has 1 aliphatic heterocycles. The van der Waals surface area contributed by atoms with Crippen molar-refractivity contribution in [2.45, 2.75) is 25.4 Å². The Hall–Kier alpha value is -3.02. The molecule has 0 saturated carbocycles. The highest BCUT2D eigenvalue weighted by Gasteiger charge is 2.36. The van der Waals surface area contributed by atoms with Gasteiger partial charge in [-0.1, -0.05) is 30.3 Å². The van der Waals surface area contributed by atoms with E-state index >= 15 is 0 Å². The van der Waals surface area contributed by atoms with Crippen molar-refractivity contribution < 1.29 is 22.4 Å². The fourth-order valence-electron chi connectivity index (χ4n) is 3.68. The van der Waals surface area contributed by atoms with Crippen LogP contribution in [0, 0.1) is 0 Å². The number of fused-ring (bicyclic) bond motifs is 1. The number of amides is 1. The van der Waals surface area contributed by atoms with Crippen LogP contribution < -0.4 is 4.90 Å². The molecule has 2 aromatic carbocycles. The molecule has 1 aliphatic rings. The van der Waals surface area contributed by atoms with Crippen molar-refractivity contribution in [1.29, 1.82) is 0 Å². The molecule has 0 radical (unpaired) electrons. The molecule has 0 spiro atoms. The highest BCUT2D eigenvalue weighted by Crippen LogP contribution is 2.39. The molecule has 0 aliphatic carbocycles. The molecule has 2 heterocycles. The van der Waals surface area contributed by atoms with Crippen molar-refractivity contribution in [3.63, 3.8) is 0 Å². The van der Waals surface area contributed by atoms with Crippen molar-refractivity contribution in [3.05, 3.63) is 77.6 Å². The van der Waals surface area contributed by atoms with E-state index < -0.39 is 11.7 Å². The first-order chi connectivity index (χ1) is 13.4. The summed E-state index contributed by atoms with van der Waals surface area (Å²) >= 11 is 0. The highest BCUT2D eigenvalue weighted by atomic mass is 19.4. The van der Waals surface area contributed by atoms with E-state index in [-0.39, 0.29) is 11.8 Å². The van der Waals surface area contributed by atoms with Gasteiger partial charge in [-0.3, -0.25) is 4.79 Å². The average molecular weight is 385 g/mol. The number of halogens is 3. The summed E-state index contributed by atoms with van der Waals surface area (Å²) < 4.78 is 44.6. The molecule has 144 valence electrons. The van der Waals surface area contributed by atoms with E-state index in [0.717, 1.165) is 23.4 Å². The van der Waals surface area contributed by atoms with E-state index in [1.807, 2.05) is 31.2 Å². The molecule has 3 aromatic rings. The number of rotatable bonds is 4. The van der Waals surface area contributed by atoms with Crippen molar-refractivity contribution in [2.75, 3.05) is 11.4 Å². The number of furan rings is 1. The summed E-state index contributed by atoms with van der Waals surface area (Å²) in [4.78, 5) is 14.5. The van der Waals surface area contributed by atoms with Gasteiger partial charge in [-0.25, -0.2) is 0 Å². The second kappa shape index (κ2) is 6.86. The zero-order valence-electron chi connectivity index (χ0n) is 15.2. The Morgan fingerprint density at radius 1 is 1.04 bits per heavy atom. The number of likely N-dealkylation sites (N-methyl/N-ethyl adjacent to an activating group) is 1. The predicted molar refractivity (Wildman–Crippen MR) is 100 cm³/mol. The average Bonchev–Trinajstić information content (AvgIpc) is 3.25. The number of alkyl halides is 3. The maximum absolute atomic E-state index is 12.9. The van der Waals surface area contributed by atoms with Crippen LogP contribution >= 0.6 is 0 Å². The fraction of sp³-hybridized carbons (Fsp3) is 0.227. The second-order valence-electron chi connectivity index (χ2n) is 6.74. The Morgan fingerprint density at radius 3 is 2.57 bits per heavy atom. The van der Waals surface area contributed by atoms with E-state index in [1.54, 1.807) is 23.1 Å². The molecule has 1 amide bonds. The Bertz CT molecular complexity index is 1020. The number of nitrogens with zero attached hydrogens (tertiary/aromatic N) is 1. The zero-order chi connectivity index (χ0) is 19.9. The van der Waals surface area contributed by atoms with Gasteiger partial charge in [-0.15, -0.1) is 0 Å². The molecule has 0 saturated heterocycles. The number of carbonyl (C=O) groups excluding carboxylic acids is 1. The first-order valence-corrected chi connectivity index (χ1v) is 9.05. The molecular formula is C22H18F3NO2. The van der Waals surface area contributed by atoms with Gasteiger partial charge in [-0.2, -0.15) is 13.2 Å². The third kappa shape index (κ3) is 3.19. The van der Waals surface area contributed by atoms with Gasteiger partial charge in [0.05, 0.1) is 11.5 Å². The predicted octanol–water partition coefficient (Wildman–Crippen LogP) is 5.66. The smallest absolute Gasteiger partial charge is 0.416 e. The summed E-state index contributed by atoms with van der Waals surface area (Å²) in [6, 6.07) is 16.1. The lowest BCUT2D eigenvalue weighted by Gasteiger charge is -2.14. The molecule has 6 heteroatoms. The number of hydrogen-bond acceptors (Lipinski definition) is 2. The summed E-state index contributed by atoms with van der Waals surface area (Å²) in [5.74, 6) is 0.586. The van der Waals surface area contributed by atoms with Crippen LogP contribution in [-0.4, -0.2) is 12.5 Å². The SMILES string of the molecule is CCN1C(=O)[C@H](Cc2ccc(-c3cccc(C(F)(F)F)c3)o2)c2ccccc21. The summed E-state index contributed by atoms with van der Waals surface area (Å²) in [6.07, 6.45) is -4.04. The van der Waals surface area contributed by atoms with Gasteiger partial charge in [0.1, 0.15) is 11.5 Å². The molecular weight excluding hydrogens is 367 g/mol. The van der Waals surface area contributed by atoms with E-state index in [0.29, 0.717) is 30.0 Å². The van der Waals surface area contributed by atoms with Crippen molar-refractivity contribution in [1.82, 2.24) is 0 Å². The van der Waals surface area contributed by atoms with E-state index in [4.69, 9.17) is 4.42 Å². The number of hydrogen-bond donors (Lipinski definition) is 0. The van der Waals surface area contributed by atoms with Gasteiger partial charge in [0.15, 0.2) is 0 Å². The third-order valence-electron chi connectivity index (χ3n) is 5.02. The van der Waals surface area contributed by atoms with Crippen LogP contribution in [-0.2, 0) is 17.4 Å². The summed E-state index contributed by atoms with van der Waals surface area (Å²) in [5, 5.41) is 0. The van der Waals surface area contributed by atoms with Crippen LogP contribution in [0.2, 0.25) is 0 Å². The van der Waals surface area contributed by atoms with E-state index in [9.17, 15) is 18.0 Å². The molecule has 0 N–H and O–H groups in total. The standard InChI is InChI=1S/C22H18F3NO2/c1-2-26-19-9-4-3-8-17(19)18(21(26)27)13-16-10-11-20(28-16)14-6-5-7-15(12-14)22(23,24)25/h3-12,18H,2,13H2,1H3/t18-/m1/s1. The minimum Gasteiger partial charge on any atom is -0.461 e. The number of benzene rings is 2. The molecule has 0 bridgehead atoms. The molecule has 28 heavy (non-hydrogen) atoms. The fourth-order valence-corrected chi connectivity index (χ4v) is 3.68. The summed E-state index contributed by atoms with van der Waals surface area (Å²) in [7, 11) is 0. The van der Waals surface area contributed by atoms with Gasteiger partial charge in [0.2, 0.25) is 5.91 Å². The lowest BCUT2D eigenvalue weighted by atomic mass is 9.96. The molecule has 1 aromatic heterocycles. The maximum atomic E-state index is 12.9. The van der Waals surface area contributed by atoms with E-state index in [2.05, 4.69) is 0 Å². The second-order valence-corrected chi connectivity index (χ2v) is 6.74. The van der Waals surface area contributed by atoms with Crippen LogP contribution in [0.25, 0.3) is 11.3 Å². The number of anilines is 1. The molecule has 3 nitrogen and oxygen atoms in total. The van der Waals surface area contributed by atoms with Gasteiger partial charge in [0, 0.05) is 24.2 Å². The monoisotopic (exact) mass is 385 g/mol. The van der Waals surface area contributed by atoms with Gasteiger partial charge >= 0.3 is 6.18 Å². The molecule has 4 rings (SSSR count). The Morgan fingerprint density at radius 2 is 1.82 bits per heavy atom. The van der Waals surface area contributed by atoms with Crippen LogP contribution in [0.1, 0.15) is 29.7 Å². The van der Waals surface area contributed by atoms with Crippen molar-refractivity contribution in [2.24, 2.45) is 0 Å². The number of carbonyl (C=O) groups is 1. The first-order valence-electron chi connectivity index (χ1n) is 9.05. The normalized spacial score (nSPS) is 16.5. The third-order valence-corrected chi connectivity index (χ3v) is 5.02. The molecule has 1 atom stereocenters.